The van der Waals surface area contributed by atoms with Crippen LogP contribution in [0, 0.1) is 22.7 Å². The average Bonchev–Trinajstić information content (AvgIpc) is 2.94. The third-order valence-electron chi connectivity index (χ3n) is 8.65. The number of aliphatic hydroxyl groups excluding tert-OH is 2. The second-order valence-electron chi connectivity index (χ2n) is 9.62. The van der Waals surface area contributed by atoms with Gasteiger partial charge in [-0.25, -0.2) is 4.39 Å². The maximum absolute atomic E-state index is 16.9. The molecule has 0 aromatic carbocycles. The van der Waals surface area contributed by atoms with Gasteiger partial charge < -0.3 is 20.1 Å². The number of Topliss-reactive ketones (excluding diaryl/α,β-unsaturated/α-hetero) is 1. The van der Waals surface area contributed by atoms with Gasteiger partial charge in [0.25, 0.3) is 0 Å². The van der Waals surface area contributed by atoms with E-state index < -0.39 is 46.2 Å². The lowest BCUT2D eigenvalue weighted by Gasteiger charge is -2.62. The van der Waals surface area contributed by atoms with E-state index in [1.807, 2.05) is 0 Å². The molecule has 0 spiro atoms. The number of alkyl halides is 1. The molecular weight excluding hydrogens is 379 g/mol. The van der Waals surface area contributed by atoms with Crippen molar-refractivity contribution < 1.29 is 34.0 Å². The molecule has 3 fully saturated rings. The summed E-state index contributed by atoms with van der Waals surface area (Å²) in [6.07, 6.45) is 2.53. The topological polar surface area (TPSA) is 104 Å². The summed E-state index contributed by atoms with van der Waals surface area (Å²) in [5.41, 5.74) is -5.42. The minimum Gasteiger partial charge on any atom is -0.390 e. The number of fused-ring (bicyclic) bond motifs is 5. The van der Waals surface area contributed by atoms with Crippen LogP contribution in [0.3, 0.4) is 0 Å². The fourth-order valence-electron chi connectivity index (χ4n) is 6.93. The van der Waals surface area contributed by atoms with Gasteiger partial charge in [0.15, 0.2) is 11.5 Å². The van der Waals surface area contributed by atoms with Crippen molar-refractivity contribution in [2.24, 2.45) is 22.7 Å². The van der Waals surface area contributed by atoms with Crippen LogP contribution >= 0.6 is 0 Å². The molecule has 0 aromatic rings. The first-order valence-electron chi connectivity index (χ1n) is 10.2. The van der Waals surface area contributed by atoms with Crippen molar-refractivity contribution in [2.75, 3.05) is 7.11 Å². The van der Waals surface area contributed by atoms with Crippen LogP contribution in [0.25, 0.3) is 0 Å². The highest BCUT2D eigenvalue weighted by molar-refractivity contribution is 6.01. The fourth-order valence-corrected chi connectivity index (χ4v) is 6.93. The highest BCUT2D eigenvalue weighted by atomic mass is 19.1. The molecule has 3 N–H and O–H groups in total. The second-order valence-corrected chi connectivity index (χ2v) is 9.62. The molecule has 3 saturated carbocycles. The van der Waals surface area contributed by atoms with Crippen molar-refractivity contribution in [2.45, 2.75) is 69.6 Å². The average molecular weight is 408 g/mol. The van der Waals surface area contributed by atoms with Crippen molar-refractivity contribution >= 4 is 11.6 Å². The molecule has 6 nitrogen and oxygen atoms in total. The number of ether oxygens (including phenoxy) is 1. The van der Waals surface area contributed by atoms with E-state index in [1.54, 1.807) is 19.9 Å². The van der Waals surface area contributed by atoms with Crippen molar-refractivity contribution in [3.8, 4) is 0 Å². The van der Waals surface area contributed by atoms with E-state index in [9.17, 15) is 24.9 Å². The summed E-state index contributed by atoms with van der Waals surface area (Å²) >= 11 is 0. The minimum absolute atomic E-state index is 0.0838. The fraction of sp³-hybridized carbons (Fsp3) is 0.727. The Morgan fingerprint density at radius 3 is 2.66 bits per heavy atom. The molecule has 0 aromatic heterocycles. The predicted molar refractivity (Wildman–Crippen MR) is 101 cm³/mol. The Labute approximate surface area is 169 Å². The van der Waals surface area contributed by atoms with Crippen LogP contribution in [0.1, 0.15) is 46.0 Å². The van der Waals surface area contributed by atoms with Crippen molar-refractivity contribution in [1.29, 1.82) is 0 Å². The van der Waals surface area contributed by atoms with E-state index in [4.69, 9.17) is 4.74 Å². The number of allylic oxidation sites excluding steroid dienone is 4. The van der Waals surface area contributed by atoms with Gasteiger partial charge in [0, 0.05) is 23.9 Å². The Morgan fingerprint density at radius 1 is 1.31 bits per heavy atom. The Balaban J connectivity index is 1.78. The van der Waals surface area contributed by atoms with E-state index >= 15 is 4.39 Å². The van der Waals surface area contributed by atoms with Crippen LogP contribution < -0.4 is 0 Å². The summed E-state index contributed by atoms with van der Waals surface area (Å²) in [6.45, 7) is 3.43. The first kappa shape index (κ1) is 20.8. The zero-order valence-corrected chi connectivity index (χ0v) is 17.0. The molecule has 7 heteroatoms. The number of rotatable bonds is 3. The van der Waals surface area contributed by atoms with E-state index in [1.165, 1.54) is 19.3 Å². The second kappa shape index (κ2) is 6.30. The van der Waals surface area contributed by atoms with Gasteiger partial charge in [0.2, 0.25) is 12.1 Å². The van der Waals surface area contributed by atoms with Crippen molar-refractivity contribution in [3.63, 3.8) is 0 Å². The summed E-state index contributed by atoms with van der Waals surface area (Å²) in [5, 5.41) is 32.4. The molecule has 4 aliphatic rings. The van der Waals surface area contributed by atoms with E-state index in [2.05, 4.69) is 0 Å². The van der Waals surface area contributed by atoms with Crippen LogP contribution in [-0.2, 0) is 14.3 Å². The molecule has 0 bridgehead atoms. The number of halogens is 1. The lowest BCUT2D eigenvalue weighted by Crippen LogP contribution is -2.69. The van der Waals surface area contributed by atoms with Gasteiger partial charge in [-0.2, -0.15) is 0 Å². The number of ketones is 2. The number of aliphatic hydroxyl groups is 3. The Morgan fingerprint density at radius 2 is 2.00 bits per heavy atom. The maximum Gasteiger partial charge on any atom is 0.220 e. The van der Waals surface area contributed by atoms with Gasteiger partial charge in [-0.3, -0.25) is 9.59 Å². The quantitative estimate of drug-likeness (QED) is 0.613. The van der Waals surface area contributed by atoms with Crippen LogP contribution in [0.2, 0.25) is 0 Å². The van der Waals surface area contributed by atoms with Gasteiger partial charge in [0.05, 0.1) is 6.10 Å². The smallest absolute Gasteiger partial charge is 0.220 e. The van der Waals surface area contributed by atoms with Gasteiger partial charge in [-0.05, 0) is 57.1 Å². The molecule has 4 aliphatic carbocycles. The highest BCUT2D eigenvalue weighted by Gasteiger charge is 2.74. The monoisotopic (exact) mass is 408 g/mol. The molecule has 29 heavy (non-hydrogen) atoms. The van der Waals surface area contributed by atoms with Gasteiger partial charge >= 0.3 is 0 Å². The Kier molecular flexibility index (Phi) is 4.53. The molecular formula is C22H29FO6. The van der Waals surface area contributed by atoms with Gasteiger partial charge in [0.1, 0.15) is 5.60 Å². The number of carbonyl (C=O) groups excluding carboxylic acids is 2. The number of hydrogen-bond acceptors (Lipinski definition) is 6. The predicted octanol–water partition coefficient (Wildman–Crippen LogP) is 1.62. The maximum atomic E-state index is 16.9. The first-order valence-corrected chi connectivity index (χ1v) is 10.2. The third kappa shape index (κ3) is 2.36. The molecule has 0 aliphatic heterocycles. The lowest BCUT2D eigenvalue weighted by atomic mass is 9.44. The third-order valence-corrected chi connectivity index (χ3v) is 8.65. The van der Waals surface area contributed by atoms with E-state index in [-0.39, 0.29) is 24.5 Å². The summed E-state index contributed by atoms with van der Waals surface area (Å²) in [6, 6.07) is 0. The largest absolute Gasteiger partial charge is 0.390 e. The van der Waals surface area contributed by atoms with Gasteiger partial charge in [-0.1, -0.05) is 18.6 Å². The first-order chi connectivity index (χ1) is 13.5. The Hall–Kier alpha value is -1.41. The molecule has 0 amide bonds. The molecule has 0 radical (unpaired) electrons. The molecule has 0 saturated heterocycles. The number of methoxy groups -OCH3 is 1. The van der Waals surface area contributed by atoms with Crippen molar-refractivity contribution in [1.82, 2.24) is 0 Å². The molecule has 160 valence electrons. The summed E-state index contributed by atoms with van der Waals surface area (Å²) in [5.74, 6) is -1.95. The summed E-state index contributed by atoms with van der Waals surface area (Å²) in [7, 11) is 1.18. The standard InChI is InChI=1S/C22H29FO6/c1-19-8-6-13(24)10-12(19)4-5-15-14-7-9-21(28,17(26)18(27)29-3)20(14,2)11-16(25)22(15,19)23/h6,8,10,14-16,18,25,27-28H,4-5,7,9,11H2,1-3H3/t14-,15-,16-,18+,19-,20-,21-,22-/m0/s1. The van der Waals surface area contributed by atoms with Crippen LogP contribution in [0.5, 0.6) is 0 Å². The molecule has 4 rings (SSSR count). The van der Waals surface area contributed by atoms with E-state index in [0.29, 0.717) is 24.8 Å². The number of hydrogen-bond donors (Lipinski definition) is 3. The Bertz CT molecular complexity index is 822. The SMILES string of the molecule is CO[C@@H](O)C(=O)[C@@]1(O)CC[C@H]2[C@@H]3CCC4=CC(=O)C=C[C@]4(C)[C@@]3(F)[C@@H](O)C[C@@]21C. The molecule has 0 heterocycles. The number of carbonyl (C=O) groups is 2. The van der Waals surface area contributed by atoms with Crippen LogP contribution in [-0.4, -0.2) is 57.7 Å². The normalized spacial score (nSPS) is 49.7. The highest BCUT2D eigenvalue weighted by Crippen LogP contribution is 2.69. The summed E-state index contributed by atoms with van der Waals surface area (Å²) < 4.78 is 21.6. The van der Waals surface area contributed by atoms with Gasteiger partial charge in [-0.15, -0.1) is 0 Å². The molecule has 0 unspecified atom stereocenters. The van der Waals surface area contributed by atoms with E-state index in [0.717, 1.165) is 0 Å². The van der Waals surface area contributed by atoms with Crippen molar-refractivity contribution in [3.05, 3.63) is 23.8 Å². The lowest BCUT2D eigenvalue weighted by molar-refractivity contribution is -0.224. The molecule has 8 atom stereocenters. The zero-order valence-electron chi connectivity index (χ0n) is 17.0. The summed E-state index contributed by atoms with van der Waals surface area (Å²) in [4.78, 5) is 24.6. The zero-order chi connectivity index (χ0) is 21.4. The van der Waals surface area contributed by atoms with Crippen LogP contribution in [0.15, 0.2) is 23.8 Å². The van der Waals surface area contributed by atoms with Crippen LogP contribution in [0.4, 0.5) is 4.39 Å². The minimum atomic E-state index is -2.01.